The van der Waals surface area contributed by atoms with Gasteiger partial charge in [-0.25, -0.2) is 0 Å². The van der Waals surface area contributed by atoms with Crippen LogP contribution in [0.15, 0.2) is 0 Å². The van der Waals surface area contributed by atoms with Crippen LogP contribution in [0.4, 0.5) is 0 Å². The molecule has 0 spiro atoms. The average Bonchev–Trinajstić information content (AvgIpc) is 2.00. The maximum Gasteiger partial charge on any atom is 0.103 e. The molecular formula is C9H18O2S. The van der Waals surface area contributed by atoms with E-state index in [1.54, 1.807) is 7.11 Å². The highest BCUT2D eigenvalue weighted by atomic mass is 32.1. The second-order valence-corrected chi connectivity index (χ2v) is 4.38. The van der Waals surface area contributed by atoms with E-state index >= 15 is 0 Å². The Hall–Kier alpha value is 0.270. The minimum Gasteiger partial charge on any atom is -0.378 e. The summed E-state index contributed by atoms with van der Waals surface area (Å²) < 4.78 is 11.1. The number of methoxy groups -OCH3 is 1. The molecule has 1 saturated heterocycles. The Labute approximate surface area is 80.0 Å². The van der Waals surface area contributed by atoms with Crippen molar-refractivity contribution in [3.8, 4) is 0 Å². The summed E-state index contributed by atoms with van der Waals surface area (Å²) in [7, 11) is 1.76. The van der Waals surface area contributed by atoms with Gasteiger partial charge in [0.2, 0.25) is 0 Å². The normalized spacial score (nSPS) is 49.2. The molecule has 0 saturated carbocycles. The number of hydrogen-bond donors (Lipinski definition) is 1. The fraction of sp³-hybridized carbons (Fsp3) is 1.00. The average molecular weight is 190 g/mol. The van der Waals surface area contributed by atoms with Gasteiger partial charge in [-0.3, -0.25) is 0 Å². The zero-order valence-corrected chi connectivity index (χ0v) is 9.10. The highest BCUT2D eigenvalue weighted by Crippen LogP contribution is 2.37. The molecule has 1 fully saturated rings. The van der Waals surface area contributed by atoms with Crippen LogP contribution in [0.1, 0.15) is 27.2 Å². The predicted molar refractivity (Wildman–Crippen MR) is 52.5 cm³/mol. The molecule has 1 heterocycles. The van der Waals surface area contributed by atoms with Gasteiger partial charge >= 0.3 is 0 Å². The van der Waals surface area contributed by atoms with Gasteiger partial charge in [-0.1, -0.05) is 6.92 Å². The lowest BCUT2D eigenvalue weighted by Gasteiger charge is -2.44. The van der Waals surface area contributed by atoms with Gasteiger partial charge in [-0.2, -0.15) is 0 Å². The molecule has 1 aliphatic heterocycles. The molecule has 0 radical (unpaired) electrons. The van der Waals surface area contributed by atoms with Crippen LogP contribution >= 0.6 is 12.6 Å². The summed E-state index contributed by atoms with van der Waals surface area (Å²) in [5.74, 6) is 0.422. The zero-order chi connectivity index (χ0) is 9.35. The third-order valence-corrected chi connectivity index (χ3v) is 3.39. The molecule has 0 amide bonds. The highest BCUT2D eigenvalue weighted by molar-refractivity contribution is 7.80. The van der Waals surface area contributed by atoms with Crippen molar-refractivity contribution in [3.63, 3.8) is 0 Å². The summed E-state index contributed by atoms with van der Waals surface area (Å²) in [4.78, 5) is 0. The topological polar surface area (TPSA) is 18.5 Å². The van der Waals surface area contributed by atoms with E-state index in [1.807, 2.05) is 0 Å². The molecule has 72 valence electrons. The first-order chi connectivity index (χ1) is 5.49. The molecule has 0 N–H and O–H groups in total. The molecule has 3 heteroatoms. The highest BCUT2D eigenvalue weighted by Gasteiger charge is 2.41. The maximum absolute atomic E-state index is 5.58. The minimum absolute atomic E-state index is 0.0150. The second kappa shape index (κ2) is 3.56. The molecular weight excluding hydrogens is 172 g/mol. The Morgan fingerprint density at radius 2 is 2.08 bits per heavy atom. The van der Waals surface area contributed by atoms with Crippen LogP contribution in [0, 0.1) is 5.92 Å². The van der Waals surface area contributed by atoms with Gasteiger partial charge in [0.15, 0.2) is 0 Å². The summed E-state index contributed by atoms with van der Waals surface area (Å²) in [5, 5.41) is 0. The molecule has 0 bridgehead atoms. The van der Waals surface area contributed by atoms with E-state index in [9.17, 15) is 0 Å². The van der Waals surface area contributed by atoms with E-state index in [0.29, 0.717) is 5.92 Å². The Kier molecular flexibility index (Phi) is 3.07. The van der Waals surface area contributed by atoms with Gasteiger partial charge in [0.1, 0.15) is 5.44 Å². The lowest BCUT2D eigenvalue weighted by molar-refractivity contribution is -0.157. The number of hydrogen-bond acceptors (Lipinski definition) is 3. The maximum atomic E-state index is 5.58. The molecule has 1 aliphatic rings. The Morgan fingerprint density at radius 3 is 2.58 bits per heavy atom. The molecule has 0 aromatic carbocycles. The number of ether oxygens (including phenoxy) is 2. The predicted octanol–water partition coefficient (Wildman–Crippen LogP) is 2.09. The first-order valence-corrected chi connectivity index (χ1v) is 4.90. The fourth-order valence-electron chi connectivity index (χ4n) is 1.71. The fourth-order valence-corrected chi connectivity index (χ4v) is 2.27. The van der Waals surface area contributed by atoms with Crippen molar-refractivity contribution in [1.82, 2.24) is 0 Å². The summed E-state index contributed by atoms with van der Waals surface area (Å²) in [5.41, 5.74) is -0.0643. The van der Waals surface area contributed by atoms with Gasteiger partial charge in [-0.15, -0.1) is 12.6 Å². The Morgan fingerprint density at radius 1 is 1.50 bits per heavy atom. The van der Waals surface area contributed by atoms with Gasteiger partial charge in [-0.05, 0) is 13.8 Å². The van der Waals surface area contributed by atoms with E-state index in [4.69, 9.17) is 9.47 Å². The van der Waals surface area contributed by atoms with Crippen molar-refractivity contribution >= 4 is 12.6 Å². The van der Waals surface area contributed by atoms with Crippen LogP contribution in [0.3, 0.4) is 0 Å². The first-order valence-electron chi connectivity index (χ1n) is 4.38. The smallest absolute Gasteiger partial charge is 0.103 e. The Balaban J connectivity index is 2.72. The molecule has 1 rings (SSSR count). The Bertz CT molecular complexity index is 163. The van der Waals surface area contributed by atoms with Crippen molar-refractivity contribution in [2.24, 2.45) is 5.92 Å². The van der Waals surface area contributed by atoms with Crippen molar-refractivity contribution < 1.29 is 9.47 Å². The van der Waals surface area contributed by atoms with Crippen LogP contribution in [0.2, 0.25) is 0 Å². The third kappa shape index (κ3) is 1.78. The first kappa shape index (κ1) is 10.4. The van der Waals surface area contributed by atoms with Crippen molar-refractivity contribution in [1.29, 1.82) is 0 Å². The quantitative estimate of drug-likeness (QED) is 0.638. The summed E-state index contributed by atoms with van der Waals surface area (Å²) in [6.45, 7) is 6.36. The van der Waals surface area contributed by atoms with E-state index < -0.39 is 0 Å². The SMILES string of the molecule is CO[C@]1(C)CC(S)O[C@@H](C)[C@@H]1C. The van der Waals surface area contributed by atoms with Crippen LogP contribution < -0.4 is 0 Å². The second-order valence-electron chi connectivity index (χ2n) is 3.81. The molecule has 0 aromatic rings. The molecule has 2 nitrogen and oxygen atoms in total. The van der Waals surface area contributed by atoms with Crippen molar-refractivity contribution in [2.45, 2.75) is 44.3 Å². The lowest BCUT2D eigenvalue weighted by Crippen LogP contribution is -2.49. The third-order valence-electron chi connectivity index (χ3n) is 3.09. The molecule has 12 heavy (non-hydrogen) atoms. The lowest BCUT2D eigenvalue weighted by atomic mass is 9.82. The summed E-state index contributed by atoms with van der Waals surface area (Å²) >= 11 is 4.33. The van der Waals surface area contributed by atoms with Crippen molar-refractivity contribution in [3.05, 3.63) is 0 Å². The van der Waals surface area contributed by atoms with E-state index in [2.05, 4.69) is 33.4 Å². The molecule has 4 atom stereocenters. The zero-order valence-electron chi connectivity index (χ0n) is 8.20. The van der Waals surface area contributed by atoms with E-state index in [1.165, 1.54) is 0 Å². The monoisotopic (exact) mass is 190 g/mol. The number of thiol groups is 1. The van der Waals surface area contributed by atoms with Crippen LogP contribution in [-0.2, 0) is 9.47 Å². The summed E-state index contributed by atoms with van der Waals surface area (Å²) in [6, 6.07) is 0. The molecule has 0 aromatic heterocycles. The minimum atomic E-state index is -0.0793. The largest absolute Gasteiger partial charge is 0.378 e. The standard InChI is InChI=1S/C9H18O2S/c1-6-7(2)11-8(12)5-9(6,3)10-4/h6-8,12H,5H2,1-4H3/t6-,7-,8?,9+/m0/s1. The van der Waals surface area contributed by atoms with Crippen LogP contribution in [-0.4, -0.2) is 24.3 Å². The van der Waals surface area contributed by atoms with Crippen LogP contribution in [0.25, 0.3) is 0 Å². The van der Waals surface area contributed by atoms with Crippen molar-refractivity contribution in [2.75, 3.05) is 7.11 Å². The van der Waals surface area contributed by atoms with E-state index in [-0.39, 0.29) is 17.1 Å². The van der Waals surface area contributed by atoms with Gasteiger partial charge < -0.3 is 9.47 Å². The number of rotatable bonds is 1. The van der Waals surface area contributed by atoms with Gasteiger partial charge in [0.05, 0.1) is 11.7 Å². The molecule has 1 unspecified atom stereocenters. The molecule has 0 aliphatic carbocycles. The van der Waals surface area contributed by atoms with E-state index in [0.717, 1.165) is 6.42 Å². The van der Waals surface area contributed by atoms with Crippen LogP contribution in [0.5, 0.6) is 0 Å². The van der Waals surface area contributed by atoms with Gasteiger partial charge in [0.25, 0.3) is 0 Å². The van der Waals surface area contributed by atoms with Gasteiger partial charge in [0, 0.05) is 19.4 Å². The summed E-state index contributed by atoms with van der Waals surface area (Å²) in [6.07, 6.45) is 1.09.